The van der Waals surface area contributed by atoms with E-state index in [0.717, 1.165) is 41.1 Å². The van der Waals surface area contributed by atoms with Gasteiger partial charge in [0.2, 0.25) is 0 Å². The number of allylic oxidation sites excluding steroid dienone is 1. The Morgan fingerprint density at radius 3 is 2.54 bits per heavy atom. The first-order valence-electron chi connectivity index (χ1n) is 12.4. The van der Waals surface area contributed by atoms with Gasteiger partial charge in [-0.1, -0.05) is 38.8 Å². The molecule has 0 spiro atoms. The number of cyclic esters (lactones) is 1. The van der Waals surface area contributed by atoms with Crippen LogP contribution >= 0.6 is 11.3 Å². The van der Waals surface area contributed by atoms with Crippen molar-refractivity contribution in [3.05, 3.63) is 33.3 Å². The van der Waals surface area contributed by atoms with Gasteiger partial charge < -0.3 is 20.7 Å². The first kappa shape index (κ1) is 29.4. The van der Waals surface area contributed by atoms with Crippen molar-refractivity contribution in [3.8, 4) is 0 Å². The van der Waals surface area contributed by atoms with Crippen LogP contribution in [0.15, 0.2) is 22.6 Å². The van der Waals surface area contributed by atoms with E-state index in [9.17, 15) is 19.8 Å². The summed E-state index contributed by atoms with van der Waals surface area (Å²) in [5.41, 5.74) is 7.96. The van der Waals surface area contributed by atoms with E-state index in [2.05, 4.69) is 4.98 Å². The molecule has 1 aromatic heterocycles. The second-order valence-electron chi connectivity index (χ2n) is 10.6. The van der Waals surface area contributed by atoms with Gasteiger partial charge >= 0.3 is 5.97 Å². The Balaban J connectivity index is 2.35. The zero-order valence-electron chi connectivity index (χ0n) is 22.1. The number of nitrogens with zero attached hydrogens (tertiary/aromatic N) is 1. The largest absolute Gasteiger partial charge is 0.456 e. The number of ketones is 1. The van der Waals surface area contributed by atoms with Crippen LogP contribution in [0.5, 0.6) is 0 Å². The Morgan fingerprint density at radius 2 is 1.94 bits per heavy atom. The van der Waals surface area contributed by atoms with Crippen molar-refractivity contribution in [3.63, 3.8) is 0 Å². The summed E-state index contributed by atoms with van der Waals surface area (Å²) in [7, 11) is 0. The van der Waals surface area contributed by atoms with Gasteiger partial charge in [0.05, 0.1) is 40.8 Å². The monoisotopic (exact) mass is 506 g/mol. The Hall–Kier alpha value is -1.87. The van der Waals surface area contributed by atoms with Crippen molar-refractivity contribution >= 4 is 29.2 Å². The maximum atomic E-state index is 13.2. The van der Waals surface area contributed by atoms with Crippen LogP contribution in [0.4, 0.5) is 0 Å². The SMILES string of the molecule is CC1=CC(C(N)C(C)=Cc2csc(C)n2)OC(=O)CC(O)C(C)(C)C(=O)C(C)C(O)C(C)CCC1. The molecular weight excluding hydrogens is 464 g/mol. The maximum Gasteiger partial charge on any atom is 0.309 e. The highest BCUT2D eigenvalue weighted by molar-refractivity contribution is 7.09. The van der Waals surface area contributed by atoms with Gasteiger partial charge in [0.1, 0.15) is 11.9 Å². The number of aromatic nitrogens is 1. The number of nitrogens with two attached hydrogens (primary N) is 1. The molecule has 0 radical (unpaired) electrons. The van der Waals surface area contributed by atoms with Gasteiger partial charge in [-0.2, -0.15) is 0 Å². The van der Waals surface area contributed by atoms with Crippen LogP contribution in [0.25, 0.3) is 6.08 Å². The molecule has 4 N–H and O–H groups in total. The molecule has 1 aliphatic rings. The summed E-state index contributed by atoms with van der Waals surface area (Å²) in [5, 5.41) is 24.5. The predicted molar refractivity (Wildman–Crippen MR) is 140 cm³/mol. The van der Waals surface area contributed by atoms with Crippen LogP contribution in [-0.2, 0) is 14.3 Å². The molecule has 6 atom stereocenters. The second-order valence-corrected chi connectivity index (χ2v) is 11.7. The minimum absolute atomic E-state index is 0.0810. The topological polar surface area (TPSA) is 123 Å². The molecule has 0 amide bonds. The van der Waals surface area contributed by atoms with Gasteiger partial charge in [-0.3, -0.25) is 9.59 Å². The molecular formula is C27H42N2O5S. The molecule has 7 nitrogen and oxygen atoms in total. The molecule has 0 saturated carbocycles. The van der Waals surface area contributed by atoms with E-state index in [4.69, 9.17) is 10.5 Å². The number of Topliss-reactive ketones (excluding diaryl/α,β-unsaturated/α-hetero) is 1. The number of hydrogen-bond donors (Lipinski definition) is 3. The second kappa shape index (κ2) is 12.4. The summed E-state index contributed by atoms with van der Waals surface area (Å²) >= 11 is 1.55. The highest BCUT2D eigenvalue weighted by atomic mass is 32.1. The number of thiazole rings is 1. The van der Waals surface area contributed by atoms with Crippen LogP contribution in [0.3, 0.4) is 0 Å². The zero-order chi connectivity index (χ0) is 26.5. The summed E-state index contributed by atoms with van der Waals surface area (Å²) < 4.78 is 5.77. The molecule has 1 aromatic rings. The van der Waals surface area contributed by atoms with Crippen molar-refractivity contribution in [2.45, 2.75) is 98.5 Å². The minimum Gasteiger partial charge on any atom is -0.456 e. The summed E-state index contributed by atoms with van der Waals surface area (Å²) in [6.07, 6.45) is 2.93. The standard InChI is InChI=1S/C27H42N2O5S/c1-15-9-8-10-16(2)25(32)18(4)26(33)27(6,7)22(30)13-23(31)34-21(11-15)24(28)17(3)12-20-14-35-19(5)29-20/h11-12,14,16,18,21-22,24-25,30,32H,8-10,13,28H2,1-7H3. The number of esters is 1. The zero-order valence-corrected chi connectivity index (χ0v) is 22.9. The molecule has 196 valence electrons. The third kappa shape index (κ3) is 7.81. The maximum absolute atomic E-state index is 13.2. The average molecular weight is 507 g/mol. The number of rotatable bonds is 3. The Morgan fingerprint density at radius 1 is 1.29 bits per heavy atom. The van der Waals surface area contributed by atoms with Crippen molar-refractivity contribution in [2.24, 2.45) is 23.0 Å². The van der Waals surface area contributed by atoms with Gasteiger partial charge in [0.25, 0.3) is 0 Å². The van der Waals surface area contributed by atoms with Crippen LogP contribution in [0.2, 0.25) is 0 Å². The summed E-state index contributed by atoms with van der Waals surface area (Å²) in [6, 6.07) is -0.598. The molecule has 2 rings (SSSR count). The van der Waals surface area contributed by atoms with E-state index < -0.39 is 41.7 Å². The lowest BCUT2D eigenvalue weighted by molar-refractivity contribution is -0.154. The fraction of sp³-hybridized carbons (Fsp3) is 0.667. The van der Waals surface area contributed by atoms with E-state index in [1.54, 1.807) is 32.1 Å². The van der Waals surface area contributed by atoms with Crippen molar-refractivity contribution in [2.75, 3.05) is 0 Å². The number of carbonyl (C=O) groups is 2. The lowest BCUT2D eigenvalue weighted by atomic mass is 9.73. The minimum atomic E-state index is -1.26. The smallest absolute Gasteiger partial charge is 0.309 e. The Labute approximate surface area is 213 Å². The third-order valence-electron chi connectivity index (χ3n) is 7.18. The van der Waals surface area contributed by atoms with Gasteiger partial charge in [0, 0.05) is 11.3 Å². The molecule has 0 saturated heterocycles. The average Bonchev–Trinajstić information content (AvgIpc) is 3.19. The lowest BCUT2D eigenvalue weighted by Crippen LogP contribution is -2.46. The Kier molecular flexibility index (Phi) is 10.4. The summed E-state index contributed by atoms with van der Waals surface area (Å²) in [6.45, 7) is 12.6. The molecule has 0 bridgehead atoms. The van der Waals surface area contributed by atoms with Crippen molar-refractivity contribution in [1.29, 1.82) is 0 Å². The van der Waals surface area contributed by atoms with Gasteiger partial charge in [-0.25, -0.2) is 4.98 Å². The first-order chi connectivity index (χ1) is 16.2. The number of aryl methyl sites for hydroxylation is 1. The van der Waals surface area contributed by atoms with Gasteiger partial charge in [-0.15, -0.1) is 11.3 Å². The van der Waals surface area contributed by atoms with E-state index in [0.29, 0.717) is 0 Å². The molecule has 2 heterocycles. The van der Waals surface area contributed by atoms with E-state index >= 15 is 0 Å². The third-order valence-corrected chi connectivity index (χ3v) is 7.97. The summed E-state index contributed by atoms with van der Waals surface area (Å²) in [4.78, 5) is 30.5. The van der Waals surface area contributed by atoms with Crippen molar-refractivity contribution < 1.29 is 24.5 Å². The summed E-state index contributed by atoms with van der Waals surface area (Å²) in [5.74, 6) is -1.64. The highest BCUT2D eigenvalue weighted by Gasteiger charge is 2.42. The quantitative estimate of drug-likeness (QED) is 0.415. The molecule has 8 heteroatoms. The Bertz CT molecular complexity index is 951. The highest BCUT2D eigenvalue weighted by Crippen LogP contribution is 2.32. The van der Waals surface area contributed by atoms with E-state index in [1.165, 1.54) is 0 Å². The molecule has 0 aliphatic carbocycles. The lowest BCUT2D eigenvalue weighted by Gasteiger charge is -2.34. The van der Waals surface area contributed by atoms with Crippen LogP contribution in [-0.4, -0.2) is 51.3 Å². The number of aliphatic hydroxyl groups excluding tert-OH is 2. The fourth-order valence-electron chi connectivity index (χ4n) is 4.50. The molecule has 6 unspecified atom stereocenters. The molecule has 1 aliphatic heterocycles. The van der Waals surface area contributed by atoms with Crippen LogP contribution in [0, 0.1) is 24.2 Å². The number of ether oxygens (including phenoxy) is 1. The number of aliphatic hydroxyl groups is 2. The first-order valence-corrected chi connectivity index (χ1v) is 13.2. The van der Waals surface area contributed by atoms with Gasteiger partial charge in [0.15, 0.2) is 0 Å². The molecule has 0 fully saturated rings. The van der Waals surface area contributed by atoms with Crippen LogP contribution < -0.4 is 5.73 Å². The predicted octanol–water partition coefficient (Wildman–Crippen LogP) is 4.20. The van der Waals surface area contributed by atoms with E-state index in [-0.39, 0.29) is 18.1 Å². The normalized spacial score (nSPS) is 30.6. The number of carbonyl (C=O) groups excluding carboxylic acids is 2. The fourth-order valence-corrected chi connectivity index (χ4v) is 5.07. The van der Waals surface area contributed by atoms with E-state index in [1.807, 2.05) is 45.2 Å². The molecule has 35 heavy (non-hydrogen) atoms. The molecule has 0 aromatic carbocycles. The van der Waals surface area contributed by atoms with Crippen molar-refractivity contribution in [1.82, 2.24) is 4.98 Å². The van der Waals surface area contributed by atoms with Gasteiger partial charge in [-0.05, 0) is 58.1 Å². The van der Waals surface area contributed by atoms with Crippen LogP contribution in [0.1, 0.15) is 77.9 Å². The number of hydrogen-bond acceptors (Lipinski definition) is 8.